The second-order valence-electron chi connectivity index (χ2n) is 5.10. The van der Waals surface area contributed by atoms with Crippen molar-refractivity contribution in [1.82, 2.24) is 15.2 Å². The van der Waals surface area contributed by atoms with E-state index < -0.39 is 0 Å². The van der Waals surface area contributed by atoms with E-state index in [2.05, 4.69) is 49.3 Å². The maximum absolute atomic E-state index is 4.50. The fourth-order valence-electron chi connectivity index (χ4n) is 2.10. The topological polar surface area (TPSA) is 40.5 Å². The fraction of sp³-hybridized carbons (Fsp3) is 0.467. The van der Waals surface area contributed by atoms with Crippen molar-refractivity contribution in [2.24, 2.45) is 4.99 Å². The van der Waals surface area contributed by atoms with E-state index in [4.69, 9.17) is 0 Å². The van der Waals surface area contributed by atoms with Crippen LogP contribution in [0, 0.1) is 6.92 Å². The second kappa shape index (κ2) is 7.56. The van der Waals surface area contributed by atoms with Crippen LogP contribution in [-0.2, 0) is 6.54 Å². The van der Waals surface area contributed by atoms with E-state index >= 15 is 0 Å². The Labute approximate surface area is 134 Å². The summed E-state index contributed by atoms with van der Waals surface area (Å²) in [6.07, 6.45) is 0. The van der Waals surface area contributed by atoms with Crippen molar-refractivity contribution in [3.8, 4) is 0 Å². The van der Waals surface area contributed by atoms with E-state index in [0.29, 0.717) is 5.92 Å². The van der Waals surface area contributed by atoms with Gasteiger partial charge in [0.1, 0.15) is 0 Å². The van der Waals surface area contributed by atoms with E-state index in [1.54, 1.807) is 22.7 Å². The predicted octanol–water partition coefficient (Wildman–Crippen LogP) is 3.32. The van der Waals surface area contributed by atoms with E-state index in [1.807, 2.05) is 21.0 Å². The summed E-state index contributed by atoms with van der Waals surface area (Å²) in [7, 11) is 3.86. The molecule has 0 aliphatic heterocycles. The average Bonchev–Trinajstić information content (AvgIpc) is 3.11. The highest BCUT2D eigenvalue weighted by Gasteiger charge is 2.11. The molecule has 0 saturated carbocycles. The lowest BCUT2D eigenvalue weighted by atomic mass is 10.1. The van der Waals surface area contributed by atoms with Crippen LogP contribution in [0.4, 0.5) is 0 Å². The summed E-state index contributed by atoms with van der Waals surface area (Å²) in [6, 6.07) is 2.18. The molecule has 1 atom stereocenters. The van der Waals surface area contributed by atoms with Gasteiger partial charge in [-0.3, -0.25) is 4.99 Å². The first kappa shape index (κ1) is 16.0. The lowest BCUT2D eigenvalue weighted by Gasteiger charge is -2.22. The molecule has 0 amide bonds. The number of thiazole rings is 1. The lowest BCUT2D eigenvalue weighted by Crippen LogP contribution is -2.40. The van der Waals surface area contributed by atoms with Gasteiger partial charge in [-0.15, -0.1) is 11.3 Å². The van der Waals surface area contributed by atoms with Crippen LogP contribution in [0.5, 0.6) is 0 Å². The van der Waals surface area contributed by atoms with Gasteiger partial charge in [-0.2, -0.15) is 11.3 Å². The van der Waals surface area contributed by atoms with Crippen molar-refractivity contribution in [2.75, 3.05) is 20.6 Å². The molecule has 4 nitrogen and oxygen atoms in total. The highest BCUT2D eigenvalue weighted by atomic mass is 32.1. The monoisotopic (exact) mass is 322 g/mol. The maximum atomic E-state index is 4.50. The van der Waals surface area contributed by atoms with Gasteiger partial charge in [-0.1, -0.05) is 6.92 Å². The molecule has 0 spiro atoms. The quantitative estimate of drug-likeness (QED) is 0.678. The van der Waals surface area contributed by atoms with E-state index in [9.17, 15) is 0 Å². The summed E-state index contributed by atoms with van der Waals surface area (Å²) in [5, 5.41) is 11.0. The van der Waals surface area contributed by atoms with Crippen LogP contribution in [0.1, 0.15) is 29.1 Å². The molecule has 0 aromatic carbocycles. The first-order valence-electron chi connectivity index (χ1n) is 6.95. The Morgan fingerprint density at radius 3 is 2.86 bits per heavy atom. The third-order valence-corrected chi connectivity index (χ3v) is 4.84. The zero-order valence-corrected chi connectivity index (χ0v) is 14.6. The molecule has 0 radical (unpaired) electrons. The van der Waals surface area contributed by atoms with Crippen molar-refractivity contribution in [1.29, 1.82) is 0 Å². The molecule has 2 rings (SSSR count). The first-order valence-corrected chi connectivity index (χ1v) is 8.77. The third kappa shape index (κ3) is 4.54. The number of nitrogens with zero attached hydrogens (tertiary/aromatic N) is 3. The Morgan fingerprint density at radius 2 is 2.29 bits per heavy atom. The van der Waals surface area contributed by atoms with Crippen LogP contribution >= 0.6 is 22.7 Å². The molecular formula is C15H22N4S2. The van der Waals surface area contributed by atoms with Gasteiger partial charge >= 0.3 is 0 Å². The highest BCUT2D eigenvalue weighted by molar-refractivity contribution is 7.09. The maximum Gasteiger partial charge on any atom is 0.193 e. The zero-order chi connectivity index (χ0) is 15.2. The summed E-state index contributed by atoms with van der Waals surface area (Å²) in [4.78, 5) is 11.0. The molecule has 1 N–H and O–H groups in total. The molecular weight excluding hydrogens is 300 g/mol. The molecule has 1 unspecified atom stereocenters. The number of rotatable bonds is 5. The van der Waals surface area contributed by atoms with Gasteiger partial charge in [-0.25, -0.2) is 4.98 Å². The molecule has 2 aromatic heterocycles. The van der Waals surface area contributed by atoms with E-state index in [-0.39, 0.29) is 0 Å². The SMILES string of the molecule is CN=C(NCC(C)c1ccsc1)N(C)Cc1csc(C)n1. The molecule has 114 valence electrons. The van der Waals surface area contributed by atoms with Gasteiger partial charge in [0.05, 0.1) is 17.2 Å². The lowest BCUT2D eigenvalue weighted by molar-refractivity contribution is 0.468. The van der Waals surface area contributed by atoms with Crippen LogP contribution < -0.4 is 5.32 Å². The standard InChI is InChI=1S/C15H22N4S2/c1-11(13-5-6-20-9-13)7-17-15(16-3)19(4)8-14-10-21-12(2)18-14/h5-6,9-11H,7-8H2,1-4H3,(H,16,17). The Balaban J connectivity index is 1.87. The first-order chi connectivity index (χ1) is 10.1. The molecule has 0 aliphatic carbocycles. The van der Waals surface area contributed by atoms with Gasteiger partial charge in [0.25, 0.3) is 0 Å². The predicted molar refractivity (Wildman–Crippen MR) is 92.4 cm³/mol. The summed E-state index contributed by atoms with van der Waals surface area (Å²) in [5.41, 5.74) is 2.47. The average molecular weight is 323 g/mol. The minimum absolute atomic E-state index is 0.475. The normalized spacial score (nSPS) is 13.2. The number of aliphatic imine (C=N–C) groups is 1. The number of nitrogens with one attached hydrogen (secondary N) is 1. The van der Waals surface area contributed by atoms with Crippen LogP contribution in [-0.4, -0.2) is 36.5 Å². The van der Waals surface area contributed by atoms with Crippen molar-refractivity contribution in [2.45, 2.75) is 26.3 Å². The second-order valence-corrected chi connectivity index (χ2v) is 6.94. The van der Waals surface area contributed by atoms with Gasteiger partial charge < -0.3 is 10.2 Å². The Kier molecular flexibility index (Phi) is 5.76. The number of hydrogen-bond acceptors (Lipinski definition) is 4. The minimum Gasteiger partial charge on any atom is -0.356 e. The molecule has 0 fully saturated rings. The van der Waals surface area contributed by atoms with Crippen molar-refractivity contribution >= 4 is 28.6 Å². The Morgan fingerprint density at radius 1 is 1.48 bits per heavy atom. The highest BCUT2D eigenvalue weighted by Crippen LogP contribution is 2.17. The molecule has 6 heteroatoms. The van der Waals surface area contributed by atoms with Gasteiger partial charge in [0, 0.05) is 26.0 Å². The summed E-state index contributed by atoms with van der Waals surface area (Å²) in [6.45, 7) is 5.91. The van der Waals surface area contributed by atoms with Crippen LogP contribution in [0.2, 0.25) is 0 Å². The van der Waals surface area contributed by atoms with Crippen molar-refractivity contribution < 1.29 is 0 Å². The zero-order valence-electron chi connectivity index (χ0n) is 13.0. The fourth-order valence-corrected chi connectivity index (χ4v) is 3.49. The number of aryl methyl sites for hydroxylation is 1. The smallest absolute Gasteiger partial charge is 0.193 e. The van der Waals surface area contributed by atoms with Crippen LogP contribution in [0.3, 0.4) is 0 Å². The summed E-state index contributed by atoms with van der Waals surface area (Å²) in [5.74, 6) is 1.38. The third-order valence-electron chi connectivity index (χ3n) is 3.32. The molecule has 2 heterocycles. The molecule has 21 heavy (non-hydrogen) atoms. The number of guanidine groups is 1. The number of aromatic nitrogens is 1. The van der Waals surface area contributed by atoms with Crippen molar-refractivity contribution in [3.05, 3.63) is 38.5 Å². The minimum atomic E-state index is 0.475. The molecule has 0 saturated heterocycles. The van der Waals surface area contributed by atoms with Crippen LogP contribution in [0.15, 0.2) is 27.2 Å². The van der Waals surface area contributed by atoms with E-state index in [1.165, 1.54) is 5.56 Å². The van der Waals surface area contributed by atoms with Crippen molar-refractivity contribution in [3.63, 3.8) is 0 Å². The van der Waals surface area contributed by atoms with Crippen LogP contribution in [0.25, 0.3) is 0 Å². The molecule has 2 aromatic rings. The van der Waals surface area contributed by atoms with E-state index in [0.717, 1.165) is 29.8 Å². The summed E-state index contributed by atoms with van der Waals surface area (Å²) >= 11 is 3.43. The summed E-state index contributed by atoms with van der Waals surface area (Å²) < 4.78 is 0. The molecule has 0 aliphatic rings. The Bertz CT molecular complexity index is 574. The molecule has 0 bridgehead atoms. The largest absolute Gasteiger partial charge is 0.356 e. The number of hydrogen-bond donors (Lipinski definition) is 1. The van der Waals surface area contributed by atoms with Gasteiger partial charge in [-0.05, 0) is 35.2 Å². The van der Waals surface area contributed by atoms with Gasteiger partial charge in [0.15, 0.2) is 5.96 Å². The van der Waals surface area contributed by atoms with Gasteiger partial charge in [0.2, 0.25) is 0 Å². The Hall–Kier alpha value is -1.40. The number of thiophene rings is 1.